The van der Waals surface area contributed by atoms with Gasteiger partial charge in [0.15, 0.2) is 13.4 Å². The molecule has 0 spiro atoms. The normalized spacial score (nSPS) is 20.5. The van der Waals surface area contributed by atoms with Crippen molar-refractivity contribution in [1.29, 1.82) is 0 Å². The van der Waals surface area contributed by atoms with Crippen LogP contribution in [0.3, 0.4) is 0 Å². The van der Waals surface area contributed by atoms with E-state index < -0.39 is 0 Å². The molecule has 5 aliphatic rings. The van der Waals surface area contributed by atoms with Crippen molar-refractivity contribution in [1.82, 2.24) is 0 Å². The summed E-state index contributed by atoms with van der Waals surface area (Å²) in [5.74, 6) is 3.37. The second-order valence-corrected chi connectivity index (χ2v) is 18.2. The number of para-hydroxylation sites is 1. The van der Waals surface area contributed by atoms with E-state index in [0.29, 0.717) is 13.4 Å². The third-order valence-electron chi connectivity index (χ3n) is 15.2. The highest BCUT2D eigenvalue weighted by Crippen LogP contribution is 2.53. The van der Waals surface area contributed by atoms with Crippen LogP contribution in [0.1, 0.15) is 128 Å². The largest absolute Gasteiger partial charge is 0.309 e. The molecule has 5 aromatic rings. The minimum Gasteiger partial charge on any atom is -0.309 e. The molecule has 0 radical (unpaired) electrons. The number of hydrogen-bond donors (Lipinski definition) is 0. The number of fused-ring (bicyclic) bond motifs is 4. The highest BCUT2D eigenvalue weighted by molar-refractivity contribution is 6.76. The van der Waals surface area contributed by atoms with Gasteiger partial charge in [-0.15, -0.1) is 0 Å². The Hall–Kier alpha value is -3.45. The minimum atomic E-state index is 0.687. The van der Waals surface area contributed by atoms with Gasteiger partial charge in [-0.1, -0.05) is 223 Å². The summed E-state index contributed by atoms with van der Waals surface area (Å²) < 4.78 is 0. The molecule has 10 rings (SSSR count). The molecule has 3 heteroatoms. The van der Waals surface area contributed by atoms with Gasteiger partial charge in [0.25, 0.3) is 0 Å². The topological polar surface area (TPSA) is 3.24 Å². The van der Waals surface area contributed by atoms with Crippen LogP contribution in [0.5, 0.6) is 0 Å². The van der Waals surface area contributed by atoms with Gasteiger partial charge in [-0.2, -0.15) is 0 Å². The van der Waals surface area contributed by atoms with Gasteiger partial charge in [-0.25, -0.2) is 0 Å². The summed E-state index contributed by atoms with van der Waals surface area (Å²) in [6.45, 7) is 1.40. The fourth-order valence-electron chi connectivity index (χ4n) is 12.8. The molecular weight excluding hydrogens is 636 g/mol. The van der Waals surface area contributed by atoms with Crippen LogP contribution in [0, 0.1) is 0 Å². The van der Waals surface area contributed by atoms with Crippen LogP contribution >= 0.6 is 0 Å². The van der Waals surface area contributed by atoms with Crippen LogP contribution < -0.4 is 15.8 Å². The molecule has 4 aliphatic carbocycles. The van der Waals surface area contributed by atoms with E-state index in [1.807, 2.05) is 0 Å². The lowest BCUT2D eigenvalue weighted by Gasteiger charge is -2.38. The Morgan fingerprint density at radius 2 is 0.925 bits per heavy atom. The maximum Gasteiger partial charge on any atom is 0.182 e. The SMILES string of the molecule is c1ccc(N2c3cc(B(C4CCCCC4)C4CCCCC4)ccc3-c3cc4ccc(B(C5CCCCC5)C5CCCCC5)cc4c4cccc2c34)cc1. The summed E-state index contributed by atoms with van der Waals surface area (Å²) in [7, 11) is 0. The van der Waals surface area contributed by atoms with E-state index in [-0.39, 0.29) is 0 Å². The predicted molar refractivity (Wildman–Crippen MR) is 233 cm³/mol. The Morgan fingerprint density at radius 1 is 0.396 bits per heavy atom. The number of nitrogens with zero attached hydrogens (tertiary/aromatic N) is 1. The zero-order valence-electron chi connectivity index (χ0n) is 32.2. The monoisotopic (exact) mass is 695 g/mol. The molecule has 0 unspecified atom stereocenters. The molecule has 0 atom stereocenters. The molecule has 1 aliphatic heterocycles. The van der Waals surface area contributed by atoms with Crippen molar-refractivity contribution in [2.24, 2.45) is 0 Å². The predicted octanol–water partition coefficient (Wildman–Crippen LogP) is 14.2. The summed E-state index contributed by atoms with van der Waals surface area (Å²) in [6, 6.07) is 36.6. The van der Waals surface area contributed by atoms with Crippen molar-refractivity contribution in [3.63, 3.8) is 0 Å². The highest BCUT2D eigenvalue weighted by Gasteiger charge is 2.39. The van der Waals surface area contributed by atoms with Gasteiger partial charge >= 0.3 is 0 Å². The van der Waals surface area contributed by atoms with E-state index in [1.165, 1.54) is 178 Å². The number of anilines is 3. The molecule has 270 valence electrons. The molecular formula is C50H59B2N. The van der Waals surface area contributed by atoms with Crippen LogP contribution in [0.2, 0.25) is 23.3 Å². The van der Waals surface area contributed by atoms with Gasteiger partial charge in [0, 0.05) is 16.6 Å². The Balaban J connectivity index is 1.14. The van der Waals surface area contributed by atoms with E-state index in [1.54, 1.807) is 10.9 Å². The van der Waals surface area contributed by atoms with Crippen molar-refractivity contribution in [2.45, 2.75) is 152 Å². The van der Waals surface area contributed by atoms with Gasteiger partial charge in [-0.3, -0.25) is 0 Å². The van der Waals surface area contributed by atoms with Crippen molar-refractivity contribution in [2.75, 3.05) is 4.90 Å². The van der Waals surface area contributed by atoms with Crippen LogP contribution in [0.25, 0.3) is 32.7 Å². The smallest absolute Gasteiger partial charge is 0.182 e. The van der Waals surface area contributed by atoms with Crippen LogP contribution in [0.15, 0.2) is 91.0 Å². The summed E-state index contributed by atoms with van der Waals surface area (Å²) in [6.07, 6.45) is 28.5. The third-order valence-corrected chi connectivity index (χ3v) is 15.2. The average molecular weight is 696 g/mol. The standard InChI is InChI=1S/C50H59B2N/c1-6-17-37(18-7-1)51(38-19-8-2-9-20-38)41-30-29-36-33-47-44-32-31-42(52(39-21-10-3-11-22-39)40-23-12-4-13-24-40)35-49(44)53(43-25-14-5-15-26-43)48-28-16-27-45(50(47)48)46(36)34-41/h5,14-16,25-35,37-40H,1-4,6-13,17-24H2. The van der Waals surface area contributed by atoms with Crippen molar-refractivity contribution in [3.8, 4) is 11.1 Å². The number of hydrogen-bond acceptors (Lipinski definition) is 1. The molecule has 1 nitrogen and oxygen atoms in total. The van der Waals surface area contributed by atoms with Gasteiger partial charge < -0.3 is 4.90 Å². The quantitative estimate of drug-likeness (QED) is 0.119. The van der Waals surface area contributed by atoms with Crippen molar-refractivity contribution in [3.05, 3.63) is 91.0 Å². The first kappa shape index (κ1) is 34.1. The lowest BCUT2D eigenvalue weighted by molar-refractivity contribution is 0.465. The van der Waals surface area contributed by atoms with Crippen LogP contribution in [0.4, 0.5) is 17.1 Å². The van der Waals surface area contributed by atoms with Gasteiger partial charge in [0.05, 0.1) is 11.4 Å². The lowest BCUT2D eigenvalue weighted by Crippen LogP contribution is -2.41. The first-order valence-electron chi connectivity index (χ1n) is 22.3. The summed E-state index contributed by atoms with van der Waals surface area (Å²) in [5.41, 5.74) is 10.1. The van der Waals surface area contributed by atoms with E-state index in [4.69, 9.17) is 0 Å². The first-order valence-corrected chi connectivity index (χ1v) is 22.3. The molecule has 53 heavy (non-hydrogen) atoms. The number of benzene rings is 5. The van der Waals surface area contributed by atoms with Crippen molar-refractivity contribution >= 4 is 63.0 Å². The molecule has 4 saturated carbocycles. The molecule has 0 amide bonds. The number of rotatable bonds is 7. The molecule has 0 bridgehead atoms. The van der Waals surface area contributed by atoms with E-state index in [2.05, 4.69) is 95.9 Å². The molecule has 5 aromatic carbocycles. The summed E-state index contributed by atoms with van der Waals surface area (Å²) in [5, 5.41) is 5.73. The molecule has 4 fully saturated rings. The minimum absolute atomic E-state index is 0.687. The summed E-state index contributed by atoms with van der Waals surface area (Å²) in [4.78, 5) is 2.63. The molecule has 0 aromatic heterocycles. The highest BCUT2D eigenvalue weighted by atomic mass is 15.2. The fraction of sp³-hybridized carbons (Fsp3) is 0.480. The Bertz CT molecular complexity index is 2010. The zero-order valence-corrected chi connectivity index (χ0v) is 32.2. The van der Waals surface area contributed by atoms with E-state index >= 15 is 0 Å². The van der Waals surface area contributed by atoms with Gasteiger partial charge in [0.1, 0.15) is 0 Å². The van der Waals surface area contributed by atoms with Crippen molar-refractivity contribution < 1.29 is 0 Å². The maximum absolute atomic E-state index is 2.68. The fourth-order valence-corrected chi connectivity index (χ4v) is 12.8. The Kier molecular flexibility index (Phi) is 9.64. The Labute approximate surface area is 320 Å². The second-order valence-electron chi connectivity index (χ2n) is 18.2. The van der Waals surface area contributed by atoms with Crippen LogP contribution in [-0.4, -0.2) is 13.4 Å². The Morgan fingerprint density at radius 3 is 1.49 bits per heavy atom. The maximum atomic E-state index is 2.68. The summed E-state index contributed by atoms with van der Waals surface area (Å²) >= 11 is 0. The second kappa shape index (κ2) is 15.0. The lowest BCUT2D eigenvalue weighted by atomic mass is 9.27. The van der Waals surface area contributed by atoms with E-state index in [0.717, 1.165) is 23.3 Å². The van der Waals surface area contributed by atoms with Gasteiger partial charge in [-0.05, 0) is 52.1 Å². The third kappa shape index (κ3) is 6.37. The van der Waals surface area contributed by atoms with Crippen LogP contribution in [-0.2, 0) is 0 Å². The van der Waals surface area contributed by atoms with E-state index in [9.17, 15) is 0 Å². The molecule has 0 N–H and O–H groups in total. The molecule has 0 saturated heterocycles. The average Bonchev–Trinajstić information content (AvgIpc) is 3.23. The van der Waals surface area contributed by atoms with Gasteiger partial charge in [0.2, 0.25) is 0 Å². The first-order chi connectivity index (χ1) is 26.3. The molecule has 1 heterocycles. The zero-order chi connectivity index (χ0) is 35.1.